The van der Waals surface area contributed by atoms with Crippen LogP contribution >= 0.6 is 0 Å². The van der Waals surface area contributed by atoms with E-state index in [1.165, 1.54) is 24.8 Å². The molecule has 0 unspecified atom stereocenters. The molecule has 6 heteroatoms. The van der Waals surface area contributed by atoms with Crippen molar-refractivity contribution < 1.29 is 9.59 Å². The van der Waals surface area contributed by atoms with Crippen LogP contribution in [0, 0.1) is 6.92 Å². The Kier molecular flexibility index (Phi) is 8.13. The lowest BCUT2D eigenvalue weighted by Crippen LogP contribution is -2.53. The van der Waals surface area contributed by atoms with Crippen LogP contribution in [0.3, 0.4) is 0 Å². The van der Waals surface area contributed by atoms with Gasteiger partial charge < -0.3 is 10.2 Å². The molecule has 1 N–H and O–H groups in total. The molecule has 1 heterocycles. The molecule has 4 rings (SSSR count). The average molecular weight is 449 g/mol. The second-order valence-electron chi connectivity index (χ2n) is 9.36. The molecule has 2 aromatic carbocycles. The molecule has 1 aliphatic heterocycles. The average Bonchev–Trinajstić information content (AvgIpc) is 2.83. The Bertz CT molecular complexity index is 901. The van der Waals surface area contributed by atoms with Crippen molar-refractivity contribution in [3.63, 3.8) is 0 Å². The molecular formula is C27H36N4O2. The number of nitrogens with zero attached hydrogens (tertiary/aromatic N) is 3. The van der Waals surface area contributed by atoms with Crippen molar-refractivity contribution in [3.05, 3.63) is 60.2 Å². The van der Waals surface area contributed by atoms with Crippen molar-refractivity contribution >= 4 is 23.2 Å². The zero-order valence-corrected chi connectivity index (χ0v) is 19.7. The molecule has 1 saturated heterocycles. The van der Waals surface area contributed by atoms with Crippen LogP contribution in [0.4, 0.5) is 11.4 Å². The van der Waals surface area contributed by atoms with Gasteiger partial charge in [-0.2, -0.15) is 0 Å². The van der Waals surface area contributed by atoms with E-state index in [1.807, 2.05) is 49.4 Å². The van der Waals surface area contributed by atoms with Crippen LogP contribution in [-0.4, -0.2) is 66.9 Å². The third-order valence-corrected chi connectivity index (χ3v) is 6.77. The molecule has 2 amide bonds. The van der Waals surface area contributed by atoms with Gasteiger partial charge in [-0.05, 0) is 44.0 Å². The predicted octanol–water partition coefficient (Wildman–Crippen LogP) is 3.92. The molecule has 2 fully saturated rings. The van der Waals surface area contributed by atoms with Gasteiger partial charge in [0, 0.05) is 43.6 Å². The molecule has 1 saturated carbocycles. The molecule has 2 aromatic rings. The number of anilines is 2. The highest BCUT2D eigenvalue weighted by molar-refractivity contribution is 5.95. The van der Waals surface area contributed by atoms with Gasteiger partial charge in [0.05, 0.1) is 13.1 Å². The van der Waals surface area contributed by atoms with Gasteiger partial charge in [0.1, 0.15) is 0 Å². The summed E-state index contributed by atoms with van der Waals surface area (Å²) in [4.78, 5) is 32.3. The lowest BCUT2D eigenvalue weighted by molar-refractivity contribution is -0.122. The number of para-hydroxylation sites is 1. The molecule has 1 aliphatic carbocycles. The van der Waals surface area contributed by atoms with Crippen LogP contribution in [0.15, 0.2) is 54.6 Å². The lowest BCUT2D eigenvalue weighted by Gasteiger charge is -2.38. The van der Waals surface area contributed by atoms with E-state index in [-0.39, 0.29) is 11.8 Å². The molecule has 0 bridgehead atoms. The first kappa shape index (κ1) is 23.5. The van der Waals surface area contributed by atoms with Gasteiger partial charge in [0.25, 0.3) is 0 Å². The summed E-state index contributed by atoms with van der Waals surface area (Å²) < 4.78 is 0. The van der Waals surface area contributed by atoms with Crippen LogP contribution < -0.4 is 10.2 Å². The van der Waals surface area contributed by atoms with Crippen molar-refractivity contribution in [1.29, 1.82) is 0 Å². The van der Waals surface area contributed by atoms with Crippen molar-refractivity contribution in [2.24, 2.45) is 0 Å². The monoisotopic (exact) mass is 448 g/mol. The zero-order chi connectivity index (χ0) is 23.0. The number of piperazine rings is 1. The van der Waals surface area contributed by atoms with Crippen LogP contribution in [0.25, 0.3) is 0 Å². The van der Waals surface area contributed by atoms with E-state index < -0.39 is 0 Å². The molecule has 0 spiro atoms. The molecule has 176 valence electrons. The SMILES string of the molecule is Cc1ccc(NC(=O)CN2CCN(CC(=O)N(c3ccccc3)C3CCCCC3)CC2)cc1. The Balaban J connectivity index is 1.27. The van der Waals surface area contributed by atoms with Crippen LogP contribution in [0.5, 0.6) is 0 Å². The largest absolute Gasteiger partial charge is 0.325 e. The Morgan fingerprint density at radius 2 is 1.45 bits per heavy atom. The first-order valence-electron chi connectivity index (χ1n) is 12.3. The molecule has 0 aromatic heterocycles. The summed E-state index contributed by atoms with van der Waals surface area (Å²) in [6.45, 7) is 6.05. The minimum Gasteiger partial charge on any atom is -0.325 e. The number of rotatable bonds is 7. The maximum atomic E-state index is 13.4. The highest BCUT2D eigenvalue weighted by Crippen LogP contribution is 2.27. The normalized spacial score (nSPS) is 18.1. The van der Waals surface area contributed by atoms with E-state index in [1.54, 1.807) is 0 Å². The summed E-state index contributed by atoms with van der Waals surface area (Å²) in [5, 5.41) is 2.97. The van der Waals surface area contributed by atoms with Gasteiger partial charge in [0.15, 0.2) is 0 Å². The van der Waals surface area contributed by atoms with Gasteiger partial charge in [-0.3, -0.25) is 19.4 Å². The number of benzene rings is 2. The summed E-state index contributed by atoms with van der Waals surface area (Å²) in [7, 11) is 0. The van der Waals surface area contributed by atoms with Crippen molar-refractivity contribution in [1.82, 2.24) is 9.80 Å². The van der Waals surface area contributed by atoms with Gasteiger partial charge in [-0.25, -0.2) is 0 Å². The number of aryl methyl sites for hydroxylation is 1. The Labute approximate surface area is 197 Å². The second kappa shape index (κ2) is 11.4. The minimum atomic E-state index is 0.0101. The summed E-state index contributed by atoms with van der Waals surface area (Å²) >= 11 is 0. The van der Waals surface area contributed by atoms with Gasteiger partial charge in [-0.1, -0.05) is 55.2 Å². The molecule has 0 atom stereocenters. The van der Waals surface area contributed by atoms with Gasteiger partial charge >= 0.3 is 0 Å². The highest BCUT2D eigenvalue weighted by atomic mass is 16.2. The highest BCUT2D eigenvalue weighted by Gasteiger charge is 2.29. The topological polar surface area (TPSA) is 55.9 Å². The maximum Gasteiger partial charge on any atom is 0.241 e. The number of nitrogens with one attached hydrogen (secondary N) is 1. The minimum absolute atomic E-state index is 0.0101. The van der Waals surface area contributed by atoms with Crippen LogP contribution in [0.1, 0.15) is 37.7 Å². The van der Waals surface area contributed by atoms with Crippen LogP contribution in [-0.2, 0) is 9.59 Å². The third-order valence-electron chi connectivity index (χ3n) is 6.77. The van der Waals surface area contributed by atoms with E-state index in [2.05, 4.69) is 32.1 Å². The molecule has 33 heavy (non-hydrogen) atoms. The maximum absolute atomic E-state index is 13.4. The number of carbonyl (C=O) groups excluding carboxylic acids is 2. The molecule has 0 radical (unpaired) electrons. The molecule has 2 aliphatic rings. The fraction of sp³-hybridized carbons (Fsp3) is 0.481. The van der Waals surface area contributed by atoms with Gasteiger partial charge in [0.2, 0.25) is 11.8 Å². The van der Waals surface area contributed by atoms with E-state index in [0.29, 0.717) is 19.1 Å². The second-order valence-corrected chi connectivity index (χ2v) is 9.36. The van der Waals surface area contributed by atoms with Crippen molar-refractivity contribution in [2.45, 2.75) is 45.1 Å². The quantitative estimate of drug-likeness (QED) is 0.698. The summed E-state index contributed by atoms with van der Waals surface area (Å²) in [6, 6.07) is 18.3. The Morgan fingerprint density at radius 3 is 2.09 bits per heavy atom. The first-order valence-corrected chi connectivity index (χ1v) is 12.3. The molecule has 6 nitrogen and oxygen atoms in total. The lowest BCUT2D eigenvalue weighted by atomic mass is 9.93. The number of hydrogen-bond acceptors (Lipinski definition) is 4. The summed E-state index contributed by atoms with van der Waals surface area (Å²) in [5.41, 5.74) is 3.02. The third kappa shape index (κ3) is 6.65. The van der Waals surface area contributed by atoms with E-state index in [4.69, 9.17) is 0 Å². The summed E-state index contributed by atoms with van der Waals surface area (Å²) in [5.74, 6) is 0.203. The number of amides is 2. The van der Waals surface area contributed by atoms with E-state index in [0.717, 1.165) is 50.4 Å². The standard InChI is InChI=1S/C27H36N4O2/c1-22-12-14-23(15-13-22)28-26(32)20-29-16-18-30(19-17-29)21-27(33)31(24-8-4-2-5-9-24)25-10-6-3-7-11-25/h2,4-5,8-9,12-15,25H,3,6-7,10-11,16-21H2,1H3,(H,28,32). The van der Waals surface area contributed by atoms with E-state index in [9.17, 15) is 9.59 Å². The van der Waals surface area contributed by atoms with Crippen molar-refractivity contribution in [2.75, 3.05) is 49.5 Å². The number of carbonyl (C=O) groups is 2. The fourth-order valence-electron chi connectivity index (χ4n) is 4.90. The van der Waals surface area contributed by atoms with Crippen molar-refractivity contribution in [3.8, 4) is 0 Å². The molecular weight excluding hydrogens is 412 g/mol. The smallest absolute Gasteiger partial charge is 0.241 e. The Hall–Kier alpha value is -2.70. The first-order chi connectivity index (χ1) is 16.1. The van der Waals surface area contributed by atoms with E-state index >= 15 is 0 Å². The van der Waals surface area contributed by atoms with Crippen LogP contribution in [0.2, 0.25) is 0 Å². The fourth-order valence-corrected chi connectivity index (χ4v) is 4.90. The predicted molar refractivity (Wildman–Crippen MR) is 133 cm³/mol. The summed E-state index contributed by atoms with van der Waals surface area (Å²) in [6.07, 6.45) is 5.84. The number of hydrogen-bond donors (Lipinski definition) is 1. The zero-order valence-electron chi connectivity index (χ0n) is 19.7. The Morgan fingerprint density at radius 1 is 0.848 bits per heavy atom. The van der Waals surface area contributed by atoms with Gasteiger partial charge in [-0.15, -0.1) is 0 Å².